The summed E-state index contributed by atoms with van der Waals surface area (Å²) in [4.78, 5) is 14.4. The van der Waals surface area contributed by atoms with Crippen molar-refractivity contribution in [2.75, 3.05) is 25.4 Å². The molecule has 1 aliphatic heterocycles. The molecule has 0 bridgehead atoms. The van der Waals surface area contributed by atoms with Crippen molar-refractivity contribution in [1.82, 2.24) is 10.2 Å². The second-order valence-corrected chi connectivity index (χ2v) is 13.7. The monoisotopic (exact) mass is 634 g/mol. The first-order valence-electron chi connectivity index (χ1n) is 14.0. The molecule has 1 saturated heterocycles. The van der Waals surface area contributed by atoms with Crippen molar-refractivity contribution in [3.05, 3.63) is 65.7 Å². The largest absolute Gasteiger partial charge is 0.480 e. The molecular formula is C30H42Cl2F2N2O4S. The fourth-order valence-corrected chi connectivity index (χ4v) is 7.71. The summed E-state index contributed by atoms with van der Waals surface area (Å²) in [7, 11) is -3.44. The molecule has 2 aliphatic rings. The predicted molar refractivity (Wildman–Crippen MR) is 162 cm³/mol. The molecule has 1 aliphatic carbocycles. The van der Waals surface area contributed by atoms with Crippen LogP contribution in [-0.2, 0) is 14.6 Å². The third kappa shape index (κ3) is 9.61. The lowest BCUT2D eigenvalue weighted by molar-refractivity contribution is -0.140. The van der Waals surface area contributed by atoms with Gasteiger partial charge >= 0.3 is 5.97 Å². The molecule has 0 spiro atoms. The lowest BCUT2D eigenvalue weighted by Gasteiger charge is -2.35. The highest BCUT2D eigenvalue weighted by molar-refractivity contribution is 7.91. The molecule has 0 radical (unpaired) electrons. The minimum absolute atomic E-state index is 0. The summed E-state index contributed by atoms with van der Waals surface area (Å²) in [5.74, 6) is -0.826. The van der Waals surface area contributed by atoms with Gasteiger partial charge in [-0.15, -0.1) is 24.8 Å². The molecule has 41 heavy (non-hydrogen) atoms. The number of hydrogen-bond donors (Lipinski definition) is 2. The second-order valence-electron chi connectivity index (χ2n) is 11.6. The molecule has 1 heterocycles. The van der Waals surface area contributed by atoms with Crippen LogP contribution in [0.25, 0.3) is 0 Å². The van der Waals surface area contributed by atoms with Gasteiger partial charge in [0, 0.05) is 12.6 Å². The first kappa shape index (κ1) is 35.4. The number of carboxylic acids is 1. The zero-order valence-corrected chi connectivity index (χ0v) is 26.0. The van der Waals surface area contributed by atoms with Crippen LogP contribution >= 0.6 is 24.8 Å². The summed E-state index contributed by atoms with van der Waals surface area (Å²) < 4.78 is 52.6. The van der Waals surface area contributed by atoms with E-state index in [1.165, 1.54) is 30.3 Å². The van der Waals surface area contributed by atoms with Gasteiger partial charge in [0.25, 0.3) is 0 Å². The first-order chi connectivity index (χ1) is 18.5. The van der Waals surface area contributed by atoms with Gasteiger partial charge in [0.15, 0.2) is 9.84 Å². The molecule has 1 saturated carbocycles. The maximum atomic E-state index is 14.1. The molecule has 3 unspecified atom stereocenters. The van der Waals surface area contributed by atoms with Crippen molar-refractivity contribution < 1.29 is 27.1 Å². The Balaban J connectivity index is 0.00000294. The van der Waals surface area contributed by atoms with Gasteiger partial charge in [-0.25, -0.2) is 17.2 Å². The molecule has 0 aromatic heterocycles. The van der Waals surface area contributed by atoms with E-state index in [4.69, 9.17) is 0 Å². The number of aliphatic carboxylic acids is 1. The second kappa shape index (κ2) is 15.6. The molecule has 230 valence electrons. The fraction of sp³-hybridized carbons (Fsp3) is 0.567. The number of carboxylic acid groups (broad SMARTS) is 1. The van der Waals surface area contributed by atoms with Crippen molar-refractivity contribution >= 4 is 40.6 Å². The summed E-state index contributed by atoms with van der Waals surface area (Å²) >= 11 is 0. The third-order valence-corrected chi connectivity index (χ3v) is 10.3. The van der Waals surface area contributed by atoms with Gasteiger partial charge in [-0.2, -0.15) is 0 Å². The molecule has 2 fully saturated rings. The van der Waals surface area contributed by atoms with Crippen LogP contribution in [-0.4, -0.2) is 61.9 Å². The van der Waals surface area contributed by atoms with Crippen LogP contribution in [0.3, 0.4) is 0 Å². The average molecular weight is 636 g/mol. The smallest absolute Gasteiger partial charge is 0.320 e. The molecule has 2 aromatic carbocycles. The molecule has 0 amide bonds. The number of sulfone groups is 1. The van der Waals surface area contributed by atoms with E-state index in [1.54, 1.807) is 12.1 Å². The Bertz CT molecular complexity index is 1230. The van der Waals surface area contributed by atoms with Crippen LogP contribution in [0.15, 0.2) is 53.4 Å². The SMILES string of the molecule is CC(C)[C@@H](NC1CC(CN2CCC(CCS(=O)(=O)c3ccc(F)cc3)CC2)C(c2cccc(F)c2)C1)C(=O)O.Cl.Cl. The van der Waals surface area contributed by atoms with Gasteiger partial charge in [-0.05, 0) is 111 Å². The Labute approximate surface area is 255 Å². The Kier molecular flexibility index (Phi) is 13.5. The van der Waals surface area contributed by atoms with Crippen molar-refractivity contribution in [2.45, 2.75) is 68.8 Å². The maximum absolute atomic E-state index is 14.1. The molecular weight excluding hydrogens is 593 g/mol. The van der Waals surface area contributed by atoms with Crippen LogP contribution in [0.1, 0.15) is 57.4 Å². The average Bonchev–Trinajstić information content (AvgIpc) is 3.29. The molecule has 4 rings (SSSR count). The van der Waals surface area contributed by atoms with Crippen LogP contribution in [0, 0.1) is 29.4 Å². The van der Waals surface area contributed by atoms with Crippen molar-refractivity contribution in [1.29, 1.82) is 0 Å². The van der Waals surface area contributed by atoms with Crippen molar-refractivity contribution in [2.24, 2.45) is 17.8 Å². The summed E-state index contributed by atoms with van der Waals surface area (Å²) in [6.45, 7) is 6.39. The van der Waals surface area contributed by atoms with Gasteiger partial charge in [-0.3, -0.25) is 4.79 Å². The van der Waals surface area contributed by atoms with E-state index in [0.29, 0.717) is 12.3 Å². The zero-order valence-electron chi connectivity index (χ0n) is 23.5. The highest BCUT2D eigenvalue weighted by Gasteiger charge is 2.39. The topological polar surface area (TPSA) is 86.7 Å². The van der Waals surface area contributed by atoms with Gasteiger partial charge < -0.3 is 15.3 Å². The first-order valence-corrected chi connectivity index (χ1v) is 15.6. The Morgan fingerprint density at radius 2 is 1.68 bits per heavy atom. The van der Waals surface area contributed by atoms with Gasteiger partial charge in [-0.1, -0.05) is 26.0 Å². The maximum Gasteiger partial charge on any atom is 0.320 e. The van der Waals surface area contributed by atoms with E-state index in [0.717, 1.165) is 50.9 Å². The molecule has 2 aromatic rings. The number of nitrogens with zero attached hydrogens (tertiary/aromatic N) is 1. The summed E-state index contributed by atoms with van der Waals surface area (Å²) in [6, 6.07) is 11.2. The minimum atomic E-state index is -3.44. The van der Waals surface area contributed by atoms with Crippen molar-refractivity contribution in [3.8, 4) is 0 Å². The highest BCUT2D eigenvalue weighted by Crippen LogP contribution is 2.41. The van der Waals surface area contributed by atoms with E-state index in [9.17, 15) is 27.1 Å². The Hall–Kier alpha value is -1.78. The highest BCUT2D eigenvalue weighted by atomic mass is 35.5. The van der Waals surface area contributed by atoms with Crippen LogP contribution in [0.2, 0.25) is 0 Å². The number of hydrogen-bond acceptors (Lipinski definition) is 5. The molecule has 11 heteroatoms. The number of nitrogens with one attached hydrogen (secondary N) is 1. The number of piperidine rings is 1. The van der Waals surface area contributed by atoms with E-state index in [-0.39, 0.29) is 65.1 Å². The molecule has 6 nitrogen and oxygen atoms in total. The van der Waals surface area contributed by atoms with E-state index in [1.807, 2.05) is 19.9 Å². The van der Waals surface area contributed by atoms with Crippen LogP contribution in [0.5, 0.6) is 0 Å². The zero-order chi connectivity index (χ0) is 28.2. The standard InChI is InChI=1S/C30H40F2N2O4S.2ClH/c1-20(2)29(30(35)36)33-26-17-23(28(18-26)22-4-3-5-25(32)16-22)19-34-13-10-21(11-14-34)12-15-39(37,38)27-8-6-24(31)7-9-27;;/h3-9,16,20-21,23,26,28-29,33H,10-15,17-19H2,1-2H3,(H,35,36);2*1H/t23?,26?,28?,29-;;/m1../s1. The molecule has 4 atom stereocenters. The minimum Gasteiger partial charge on any atom is -0.480 e. The number of likely N-dealkylation sites (tertiary alicyclic amines) is 1. The summed E-state index contributed by atoms with van der Waals surface area (Å²) in [5.41, 5.74) is 0.960. The third-order valence-electron chi connectivity index (χ3n) is 8.49. The Morgan fingerprint density at radius 3 is 2.27 bits per heavy atom. The van der Waals surface area contributed by atoms with Crippen LogP contribution < -0.4 is 5.32 Å². The normalized spacial score (nSPS) is 22.6. The summed E-state index contributed by atoms with van der Waals surface area (Å²) in [6.07, 6.45) is 4.00. The van der Waals surface area contributed by atoms with E-state index < -0.39 is 27.7 Å². The lowest BCUT2D eigenvalue weighted by atomic mass is 9.87. The Morgan fingerprint density at radius 1 is 1.02 bits per heavy atom. The predicted octanol–water partition coefficient (Wildman–Crippen LogP) is 5.95. The fourth-order valence-electron chi connectivity index (χ4n) is 6.28. The number of rotatable bonds is 11. The lowest BCUT2D eigenvalue weighted by Crippen LogP contribution is -2.46. The number of benzene rings is 2. The van der Waals surface area contributed by atoms with Gasteiger partial charge in [0.1, 0.15) is 17.7 Å². The quantitative estimate of drug-likeness (QED) is 0.297. The number of carbonyl (C=O) groups is 1. The molecule has 2 N–H and O–H groups in total. The van der Waals surface area contributed by atoms with Crippen LogP contribution in [0.4, 0.5) is 8.78 Å². The van der Waals surface area contributed by atoms with E-state index in [2.05, 4.69) is 10.2 Å². The summed E-state index contributed by atoms with van der Waals surface area (Å²) in [5, 5.41) is 13.0. The van der Waals surface area contributed by atoms with E-state index >= 15 is 0 Å². The number of halogens is 4. The van der Waals surface area contributed by atoms with Gasteiger partial charge in [0.05, 0.1) is 10.6 Å². The van der Waals surface area contributed by atoms with Crippen molar-refractivity contribution in [3.63, 3.8) is 0 Å². The van der Waals surface area contributed by atoms with Gasteiger partial charge in [0.2, 0.25) is 0 Å².